The molecule has 0 radical (unpaired) electrons. The largest absolute Gasteiger partial charge is 0.478 e. The first-order valence-electron chi connectivity index (χ1n) is 3.67. The molecular weight excluding hydrogens is 338 g/mol. The lowest BCUT2D eigenvalue weighted by Gasteiger charge is -2.03. The van der Waals surface area contributed by atoms with Crippen LogP contribution in [0.4, 0.5) is 8.78 Å². The lowest BCUT2D eigenvalue weighted by Crippen LogP contribution is -1.93. The van der Waals surface area contributed by atoms with Gasteiger partial charge in [-0.25, -0.2) is 13.6 Å². The topological polar surface area (TPSA) is 37.3 Å². The standard InChI is InChI=1S/C9H4Br2F2O2/c10-5-3-6(11)9(13)8(12)4(5)1-2-7(14)15/h1-3H,(H,14,15)/b2-1+. The van der Waals surface area contributed by atoms with Crippen LogP contribution >= 0.6 is 31.9 Å². The molecule has 0 aliphatic heterocycles. The first-order chi connectivity index (χ1) is 6.93. The zero-order chi connectivity index (χ0) is 11.6. The van der Waals surface area contributed by atoms with E-state index >= 15 is 0 Å². The molecule has 0 atom stereocenters. The predicted molar refractivity (Wildman–Crippen MR) is 58.4 cm³/mol. The van der Waals surface area contributed by atoms with E-state index in [2.05, 4.69) is 31.9 Å². The van der Waals surface area contributed by atoms with Gasteiger partial charge >= 0.3 is 5.97 Å². The average molecular weight is 342 g/mol. The molecule has 0 saturated carbocycles. The Bertz CT molecular complexity index is 444. The first-order valence-corrected chi connectivity index (χ1v) is 5.26. The summed E-state index contributed by atoms with van der Waals surface area (Å²) in [6.45, 7) is 0. The number of hydrogen-bond donors (Lipinski definition) is 1. The number of carbonyl (C=O) groups is 1. The molecule has 0 unspecified atom stereocenters. The van der Waals surface area contributed by atoms with Gasteiger partial charge in [0.2, 0.25) is 0 Å². The summed E-state index contributed by atoms with van der Waals surface area (Å²) in [5.41, 5.74) is -0.141. The summed E-state index contributed by atoms with van der Waals surface area (Å²) < 4.78 is 26.6. The lowest BCUT2D eigenvalue weighted by atomic mass is 10.2. The highest BCUT2D eigenvalue weighted by molar-refractivity contribution is 9.11. The average Bonchev–Trinajstić information content (AvgIpc) is 2.14. The number of hydrogen-bond acceptors (Lipinski definition) is 1. The number of benzene rings is 1. The molecule has 80 valence electrons. The van der Waals surface area contributed by atoms with Crippen molar-refractivity contribution < 1.29 is 18.7 Å². The Morgan fingerprint density at radius 2 is 1.87 bits per heavy atom. The molecule has 0 fully saturated rings. The Labute approximate surface area is 101 Å². The number of rotatable bonds is 2. The van der Waals surface area contributed by atoms with Gasteiger partial charge in [-0.1, -0.05) is 15.9 Å². The van der Waals surface area contributed by atoms with Crippen LogP contribution in [0.15, 0.2) is 21.1 Å². The van der Waals surface area contributed by atoms with Crippen molar-refractivity contribution in [3.05, 3.63) is 38.3 Å². The van der Waals surface area contributed by atoms with Crippen LogP contribution in [0.3, 0.4) is 0 Å². The van der Waals surface area contributed by atoms with E-state index in [-0.39, 0.29) is 14.5 Å². The van der Waals surface area contributed by atoms with Gasteiger partial charge in [0.05, 0.1) is 4.47 Å². The molecular formula is C9H4Br2F2O2. The fourth-order valence-electron chi connectivity index (χ4n) is 0.888. The number of halogens is 4. The third-order valence-corrected chi connectivity index (χ3v) is 2.78. The number of aliphatic carboxylic acids is 1. The molecule has 0 saturated heterocycles. The molecule has 0 aliphatic rings. The van der Waals surface area contributed by atoms with E-state index in [1.54, 1.807) is 0 Å². The van der Waals surface area contributed by atoms with Crippen molar-refractivity contribution in [3.8, 4) is 0 Å². The van der Waals surface area contributed by atoms with Crippen molar-refractivity contribution in [2.45, 2.75) is 0 Å². The van der Waals surface area contributed by atoms with E-state index in [9.17, 15) is 13.6 Å². The van der Waals surface area contributed by atoms with Crippen LogP contribution in [-0.2, 0) is 4.79 Å². The predicted octanol–water partition coefficient (Wildman–Crippen LogP) is 3.59. The maximum absolute atomic E-state index is 13.3. The minimum absolute atomic E-state index is 0.0284. The van der Waals surface area contributed by atoms with E-state index < -0.39 is 17.6 Å². The van der Waals surface area contributed by atoms with Crippen LogP contribution < -0.4 is 0 Å². The molecule has 1 rings (SSSR count). The normalized spacial score (nSPS) is 10.9. The zero-order valence-corrected chi connectivity index (χ0v) is 10.3. The summed E-state index contributed by atoms with van der Waals surface area (Å²) in [6, 6.07) is 1.31. The van der Waals surface area contributed by atoms with Gasteiger partial charge in [-0.05, 0) is 28.1 Å². The quantitative estimate of drug-likeness (QED) is 0.507. The van der Waals surface area contributed by atoms with Crippen LogP contribution in [-0.4, -0.2) is 11.1 Å². The monoisotopic (exact) mass is 340 g/mol. The SMILES string of the molecule is O=C(O)/C=C/c1c(Br)cc(Br)c(F)c1F. The highest BCUT2D eigenvalue weighted by atomic mass is 79.9. The molecule has 1 N–H and O–H groups in total. The molecule has 0 aromatic heterocycles. The summed E-state index contributed by atoms with van der Waals surface area (Å²) >= 11 is 5.83. The molecule has 0 spiro atoms. The second-order valence-corrected chi connectivity index (χ2v) is 4.26. The Balaban J connectivity index is 3.30. The summed E-state index contributed by atoms with van der Waals surface area (Å²) in [4.78, 5) is 10.2. The van der Waals surface area contributed by atoms with Crippen LogP contribution in [0, 0.1) is 11.6 Å². The van der Waals surface area contributed by atoms with Crippen LogP contribution in [0.2, 0.25) is 0 Å². The highest BCUT2D eigenvalue weighted by Crippen LogP contribution is 2.29. The van der Waals surface area contributed by atoms with Gasteiger partial charge in [-0.2, -0.15) is 0 Å². The van der Waals surface area contributed by atoms with E-state index in [4.69, 9.17) is 5.11 Å². The first kappa shape index (κ1) is 12.3. The summed E-state index contributed by atoms with van der Waals surface area (Å²) in [5.74, 6) is -3.39. The molecule has 2 nitrogen and oxygen atoms in total. The maximum atomic E-state index is 13.3. The van der Waals surface area contributed by atoms with E-state index in [0.717, 1.165) is 12.2 Å². The molecule has 1 aromatic carbocycles. The zero-order valence-electron chi connectivity index (χ0n) is 7.10. The second kappa shape index (κ2) is 4.85. The smallest absolute Gasteiger partial charge is 0.328 e. The summed E-state index contributed by atoms with van der Waals surface area (Å²) in [6.07, 6.45) is 1.72. The van der Waals surface area contributed by atoms with Gasteiger partial charge in [0, 0.05) is 16.1 Å². The third-order valence-electron chi connectivity index (χ3n) is 1.54. The Morgan fingerprint density at radius 3 is 2.40 bits per heavy atom. The lowest BCUT2D eigenvalue weighted by molar-refractivity contribution is -0.131. The molecule has 0 amide bonds. The molecule has 1 aromatic rings. The minimum atomic E-state index is -1.23. The fourth-order valence-corrected chi connectivity index (χ4v) is 2.13. The van der Waals surface area contributed by atoms with Crippen molar-refractivity contribution in [3.63, 3.8) is 0 Å². The minimum Gasteiger partial charge on any atom is -0.478 e. The molecule has 0 bridgehead atoms. The van der Waals surface area contributed by atoms with Crippen LogP contribution in [0.25, 0.3) is 6.08 Å². The molecule has 15 heavy (non-hydrogen) atoms. The molecule has 0 aliphatic carbocycles. The van der Waals surface area contributed by atoms with Crippen LogP contribution in [0.5, 0.6) is 0 Å². The molecule has 0 heterocycles. The van der Waals surface area contributed by atoms with Gasteiger partial charge in [0.1, 0.15) is 0 Å². The maximum Gasteiger partial charge on any atom is 0.328 e. The van der Waals surface area contributed by atoms with E-state index in [1.165, 1.54) is 6.07 Å². The van der Waals surface area contributed by atoms with Gasteiger partial charge in [-0.15, -0.1) is 0 Å². The van der Waals surface area contributed by atoms with Gasteiger partial charge in [-0.3, -0.25) is 0 Å². The molecule has 6 heteroatoms. The van der Waals surface area contributed by atoms with E-state index in [1.807, 2.05) is 0 Å². The Kier molecular flexibility index (Phi) is 3.98. The van der Waals surface area contributed by atoms with Crippen molar-refractivity contribution in [2.75, 3.05) is 0 Å². The summed E-state index contributed by atoms with van der Waals surface area (Å²) in [7, 11) is 0. The van der Waals surface area contributed by atoms with Crippen molar-refractivity contribution in [2.24, 2.45) is 0 Å². The van der Waals surface area contributed by atoms with Crippen molar-refractivity contribution in [1.82, 2.24) is 0 Å². The number of carboxylic acid groups (broad SMARTS) is 1. The van der Waals surface area contributed by atoms with Crippen LogP contribution in [0.1, 0.15) is 5.56 Å². The van der Waals surface area contributed by atoms with Crippen molar-refractivity contribution in [1.29, 1.82) is 0 Å². The Hall–Kier alpha value is -0.750. The van der Waals surface area contributed by atoms with E-state index in [0.29, 0.717) is 0 Å². The number of carboxylic acids is 1. The van der Waals surface area contributed by atoms with Gasteiger partial charge < -0.3 is 5.11 Å². The third kappa shape index (κ3) is 2.85. The van der Waals surface area contributed by atoms with Gasteiger partial charge in [0.15, 0.2) is 11.6 Å². The summed E-state index contributed by atoms with van der Waals surface area (Å²) in [5, 5.41) is 8.35. The Morgan fingerprint density at radius 1 is 1.27 bits per heavy atom. The van der Waals surface area contributed by atoms with Gasteiger partial charge in [0.25, 0.3) is 0 Å². The fraction of sp³-hybridized carbons (Fsp3) is 0. The highest BCUT2D eigenvalue weighted by Gasteiger charge is 2.14. The van der Waals surface area contributed by atoms with Crippen molar-refractivity contribution >= 4 is 43.9 Å². The second-order valence-electron chi connectivity index (χ2n) is 2.55.